The van der Waals surface area contributed by atoms with Crippen molar-refractivity contribution in [1.82, 2.24) is 19.9 Å². The fraction of sp³-hybridized carbons (Fsp3) is 0.167. The van der Waals surface area contributed by atoms with E-state index in [1.165, 1.54) is 0 Å². The molecule has 4 rings (SSSR count). The van der Waals surface area contributed by atoms with Crippen molar-refractivity contribution in [3.63, 3.8) is 0 Å². The molecule has 2 heterocycles. The number of aromatic nitrogens is 3. The van der Waals surface area contributed by atoms with Gasteiger partial charge in [0.15, 0.2) is 0 Å². The number of amides is 1. The standard InChI is InChI=1S/C24H22N4O3/c1-2-31-23(30)19(15-17-9-4-3-5-10-17)27-22(29)21-16-18-11-6-7-12-20(18)28(21)24-25-13-8-14-26-24/h3-14,16,19H,2,15H2,1H3,(H,27,29)/t19-/m0/s1. The molecule has 0 fully saturated rings. The maximum Gasteiger partial charge on any atom is 0.328 e. The van der Waals surface area contributed by atoms with E-state index in [4.69, 9.17) is 4.74 Å². The Labute approximate surface area is 179 Å². The van der Waals surface area contributed by atoms with Gasteiger partial charge in [-0.3, -0.25) is 9.36 Å². The van der Waals surface area contributed by atoms with E-state index < -0.39 is 17.9 Å². The normalized spacial score (nSPS) is 11.8. The fourth-order valence-electron chi connectivity index (χ4n) is 3.46. The summed E-state index contributed by atoms with van der Waals surface area (Å²) in [4.78, 5) is 34.5. The summed E-state index contributed by atoms with van der Waals surface area (Å²) in [5.41, 5.74) is 2.07. The maximum atomic E-state index is 13.3. The lowest BCUT2D eigenvalue weighted by molar-refractivity contribution is -0.145. The number of nitrogens with one attached hydrogen (secondary N) is 1. The number of carbonyl (C=O) groups is 2. The molecule has 1 N–H and O–H groups in total. The molecule has 0 aliphatic carbocycles. The molecular formula is C24H22N4O3. The van der Waals surface area contributed by atoms with E-state index in [2.05, 4.69) is 15.3 Å². The number of hydrogen-bond acceptors (Lipinski definition) is 5. The second-order valence-electron chi connectivity index (χ2n) is 6.94. The average Bonchev–Trinajstić information content (AvgIpc) is 3.20. The Kier molecular flexibility index (Phi) is 6.03. The van der Waals surface area contributed by atoms with Crippen molar-refractivity contribution in [3.05, 3.63) is 90.4 Å². The maximum absolute atomic E-state index is 13.3. The lowest BCUT2D eigenvalue weighted by Gasteiger charge is -2.18. The Morgan fingerprint density at radius 2 is 1.71 bits per heavy atom. The van der Waals surface area contributed by atoms with Crippen molar-refractivity contribution in [2.75, 3.05) is 6.61 Å². The van der Waals surface area contributed by atoms with E-state index in [1.54, 1.807) is 36.0 Å². The third kappa shape index (κ3) is 4.45. The largest absolute Gasteiger partial charge is 0.464 e. The zero-order valence-corrected chi connectivity index (χ0v) is 17.1. The van der Waals surface area contributed by atoms with Crippen LogP contribution in [-0.4, -0.2) is 39.1 Å². The van der Waals surface area contributed by atoms with Crippen molar-refractivity contribution < 1.29 is 14.3 Å². The first-order valence-electron chi connectivity index (χ1n) is 10.1. The van der Waals surface area contributed by atoms with E-state index in [1.807, 2.05) is 54.6 Å². The Morgan fingerprint density at radius 1 is 1.00 bits per heavy atom. The predicted octanol–water partition coefficient (Wildman–Crippen LogP) is 3.32. The molecule has 0 aliphatic rings. The molecule has 2 aromatic carbocycles. The van der Waals surface area contributed by atoms with Crippen LogP contribution < -0.4 is 5.32 Å². The highest BCUT2D eigenvalue weighted by Crippen LogP contribution is 2.22. The third-order valence-electron chi connectivity index (χ3n) is 4.85. The minimum Gasteiger partial charge on any atom is -0.464 e. The molecule has 2 aromatic heterocycles. The minimum absolute atomic E-state index is 0.234. The van der Waals surface area contributed by atoms with Gasteiger partial charge in [-0.2, -0.15) is 0 Å². The number of fused-ring (bicyclic) bond motifs is 1. The number of ether oxygens (including phenoxy) is 1. The average molecular weight is 414 g/mol. The molecule has 1 amide bonds. The zero-order chi connectivity index (χ0) is 21.6. The summed E-state index contributed by atoms with van der Waals surface area (Å²) >= 11 is 0. The number of para-hydroxylation sites is 1. The van der Waals surface area contributed by atoms with Gasteiger partial charge in [-0.25, -0.2) is 14.8 Å². The molecule has 0 saturated heterocycles. The Bertz CT molecular complexity index is 1190. The number of esters is 1. The Hall–Kier alpha value is -4.00. The number of benzene rings is 2. The van der Waals surface area contributed by atoms with Crippen molar-refractivity contribution >= 4 is 22.8 Å². The number of rotatable bonds is 7. The van der Waals surface area contributed by atoms with E-state index in [0.29, 0.717) is 18.1 Å². The van der Waals surface area contributed by atoms with Crippen molar-refractivity contribution in [2.45, 2.75) is 19.4 Å². The molecule has 7 nitrogen and oxygen atoms in total. The number of carbonyl (C=O) groups excluding carboxylic acids is 2. The molecule has 1 atom stereocenters. The highest BCUT2D eigenvalue weighted by molar-refractivity contribution is 6.01. The summed E-state index contributed by atoms with van der Waals surface area (Å²) in [6.07, 6.45) is 3.57. The van der Waals surface area contributed by atoms with Gasteiger partial charge in [-0.1, -0.05) is 48.5 Å². The Balaban J connectivity index is 1.70. The van der Waals surface area contributed by atoms with E-state index in [9.17, 15) is 9.59 Å². The summed E-state index contributed by atoms with van der Waals surface area (Å²) in [6.45, 7) is 1.97. The van der Waals surface area contributed by atoms with Gasteiger partial charge in [-0.05, 0) is 30.7 Å². The van der Waals surface area contributed by atoms with Crippen LogP contribution in [0.3, 0.4) is 0 Å². The van der Waals surface area contributed by atoms with Gasteiger partial charge in [0.2, 0.25) is 5.95 Å². The molecule has 0 aliphatic heterocycles. The van der Waals surface area contributed by atoms with Crippen LogP contribution >= 0.6 is 0 Å². The molecule has 0 unspecified atom stereocenters. The molecule has 4 aromatic rings. The van der Waals surface area contributed by atoms with E-state index in [0.717, 1.165) is 16.5 Å². The smallest absolute Gasteiger partial charge is 0.328 e. The summed E-state index contributed by atoms with van der Waals surface area (Å²) in [5, 5.41) is 3.72. The molecule has 0 radical (unpaired) electrons. The molecule has 7 heteroatoms. The van der Waals surface area contributed by atoms with Gasteiger partial charge < -0.3 is 10.1 Å². The van der Waals surface area contributed by atoms with Crippen LogP contribution in [0.1, 0.15) is 23.0 Å². The van der Waals surface area contributed by atoms with Crippen molar-refractivity contribution in [1.29, 1.82) is 0 Å². The topological polar surface area (TPSA) is 86.1 Å². The van der Waals surface area contributed by atoms with Crippen LogP contribution in [0.15, 0.2) is 79.1 Å². The van der Waals surface area contributed by atoms with Gasteiger partial charge in [0.05, 0.1) is 12.1 Å². The predicted molar refractivity (Wildman–Crippen MR) is 117 cm³/mol. The third-order valence-corrected chi connectivity index (χ3v) is 4.85. The second kappa shape index (κ2) is 9.21. The van der Waals surface area contributed by atoms with Crippen LogP contribution in [0.2, 0.25) is 0 Å². The lowest BCUT2D eigenvalue weighted by Crippen LogP contribution is -2.44. The summed E-state index contributed by atoms with van der Waals surface area (Å²) in [7, 11) is 0. The highest BCUT2D eigenvalue weighted by Gasteiger charge is 2.26. The highest BCUT2D eigenvalue weighted by atomic mass is 16.5. The second-order valence-corrected chi connectivity index (χ2v) is 6.94. The van der Waals surface area contributed by atoms with Crippen LogP contribution in [-0.2, 0) is 16.0 Å². The lowest BCUT2D eigenvalue weighted by atomic mass is 10.1. The SMILES string of the molecule is CCOC(=O)[C@H](Cc1ccccc1)NC(=O)c1cc2ccccc2n1-c1ncccn1. The molecule has 0 saturated carbocycles. The molecule has 0 spiro atoms. The van der Waals surface area contributed by atoms with Gasteiger partial charge in [0.1, 0.15) is 11.7 Å². The van der Waals surface area contributed by atoms with Crippen molar-refractivity contribution in [2.24, 2.45) is 0 Å². The number of hydrogen-bond donors (Lipinski definition) is 1. The Morgan fingerprint density at radius 3 is 2.45 bits per heavy atom. The molecule has 156 valence electrons. The van der Waals surface area contributed by atoms with Crippen molar-refractivity contribution in [3.8, 4) is 5.95 Å². The quantitative estimate of drug-likeness (QED) is 0.469. The van der Waals surface area contributed by atoms with Crippen LogP contribution in [0, 0.1) is 0 Å². The first kappa shape index (κ1) is 20.3. The summed E-state index contributed by atoms with van der Waals surface area (Å²) in [5.74, 6) is -0.499. The minimum atomic E-state index is -0.821. The number of nitrogens with zero attached hydrogens (tertiary/aromatic N) is 3. The summed E-state index contributed by atoms with van der Waals surface area (Å²) < 4.78 is 6.89. The van der Waals surface area contributed by atoms with Crippen LogP contribution in [0.5, 0.6) is 0 Å². The fourth-order valence-corrected chi connectivity index (χ4v) is 3.46. The first-order valence-corrected chi connectivity index (χ1v) is 10.1. The van der Waals surface area contributed by atoms with Gasteiger partial charge in [0.25, 0.3) is 5.91 Å². The van der Waals surface area contributed by atoms with E-state index in [-0.39, 0.29) is 6.61 Å². The zero-order valence-electron chi connectivity index (χ0n) is 17.1. The molecule has 0 bridgehead atoms. The monoisotopic (exact) mass is 414 g/mol. The van der Waals surface area contributed by atoms with Crippen LogP contribution in [0.4, 0.5) is 0 Å². The van der Waals surface area contributed by atoms with E-state index >= 15 is 0 Å². The van der Waals surface area contributed by atoms with Gasteiger partial charge >= 0.3 is 5.97 Å². The van der Waals surface area contributed by atoms with Gasteiger partial charge in [-0.15, -0.1) is 0 Å². The first-order chi connectivity index (χ1) is 15.2. The molecule has 31 heavy (non-hydrogen) atoms. The summed E-state index contributed by atoms with van der Waals surface area (Å²) in [6, 6.07) is 19.8. The molecular weight excluding hydrogens is 392 g/mol. The van der Waals surface area contributed by atoms with Gasteiger partial charge in [0, 0.05) is 24.2 Å². The van der Waals surface area contributed by atoms with Crippen LogP contribution in [0.25, 0.3) is 16.9 Å².